The predicted molar refractivity (Wildman–Crippen MR) is 56.8 cm³/mol. The van der Waals surface area contributed by atoms with Gasteiger partial charge < -0.3 is 9.84 Å². The van der Waals surface area contributed by atoms with Crippen molar-refractivity contribution >= 4 is 5.65 Å². The first-order valence-corrected chi connectivity index (χ1v) is 4.84. The van der Waals surface area contributed by atoms with E-state index in [1.54, 1.807) is 30.3 Å². The van der Waals surface area contributed by atoms with Crippen LogP contribution in [0, 0.1) is 0 Å². The van der Waals surface area contributed by atoms with Gasteiger partial charge in [0.25, 0.3) is 0 Å². The SMILES string of the molecule is Oc1ccccc1Oc1ccc2nnnn2n1. The summed E-state index contributed by atoms with van der Waals surface area (Å²) in [7, 11) is 0. The summed E-state index contributed by atoms with van der Waals surface area (Å²) in [6.45, 7) is 0. The molecular weight excluding hydrogens is 222 g/mol. The lowest BCUT2D eigenvalue weighted by atomic mass is 10.3. The van der Waals surface area contributed by atoms with Crippen molar-refractivity contribution < 1.29 is 9.84 Å². The average Bonchev–Trinajstić information content (AvgIpc) is 2.79. The van der Waals surface area contributed by atoms with Crippen LogP contribution in [0.5, 0.6) is 17.4 Å². The van der Waals surface area contributed by atoms with Crippen molar-refractivity contribution in [1.82, 2.24) is 25.3 Å². The maximum atomic E-state index is 9.55. The molecule has 1 N–H and O–H groups in total. The molecule has 2 heterocycles. The first-order chi connectivity index (χ1) is 8.33. The Morgan fingerprint density at radius 1 is 1.12 bits per heavy atom. The van der Waals surface area contributed by atoms with Gasteiger partial charge in [-0.05, 0) is 28.6 Å². The van der Waals surface area contributed by atoms with Gasteiger partial charge in [-0.25, -0.2) is 0 Å². The molecule has 0 radical (unpaired) electrons. The molecule has 0 aliphatic carbocycles. The number of hydrogen-bond donors (Lipinski definition) is 1. The van der Waals surface area contributed by atoms with Gasteiger partial charge in [0.05, 0.1) is 0 Å². The number of fused-ring (bicyclic) bond motifs is 1. The largest absolute Gasteiger partial charge is 0.504 e. The molecule has 1 aromatic carbocycles. The zero-order valence-corrected chi connectivity index (χ0v) is 8.56. The van der Waals surface area contributed by atoms with Crippen molar-refractivity contribution in [2.45, 2.75) is 0 Å². The highest BCUT2D eigenvalue weighted by Gasteiger charge is 2.05. The van der Waals surface area contributed by atoms with E-state index in [0.29, 0.717) is 17.3 Å². The van der Waals surface area contributed by atoms with Crippen LogP contribution in [0.15, 0.2) is 36.4 Å². The summed E-state index contributed by atoms with van der Waals surface area (Å²) in [6.07, 6.45) is 0. The third-order valence-corrected chi connectivity index (χ3v) is 2.12. The van der Waals surface area contributed by atoms with Gasteiger partial charge in [-0.15, -0.1) is 14.8 Å². The Hall–Kier alpha value is -2.70. The van der Waals surface area contributed by atoms with Crippen LogP contribution in [-0.2, 0) is 0 Å². The van der Waals surface area contributed by atoms with E-state index in [9.17, 15) is 5.11 Å². The molecule has 0 aliphatic rings. The number of aromatic nitrogens is 5. The van der Waals surface area contributed by atoms with Gasteiger partial charge in [0.1, 0.15) is 0 Å². The van der Waals surface area contributed by atoms with Gasteiger partial charge in [0, 0.05) is 6.07 Å². The fourth-order valence-electron chi connectivity index (χ4n) is 1.34. The smallest absolute Gasteiger partial charge is 0.239 e. The van der Waals surface area contributed by atoms with Crippen LogP contribution in [0.1, 0.15) is 0 Å². The second-order valence-electron chi connectivity index (χ2n) is 3.27. The van der Waals surface area contributed by atoms with Gasteiger partial charge in [0.15, 0.2) is 17.1 Å². The second kappa shape index (κ2) is 3.71. The molecule has 84 valence electrons. The fraction of sp³-hybridized carbons (Fsp3) is 0. The van der Waals surface area contributed by atoms with E-state index in [2.05, 4.69) is 20.6 Å². The normalized spacial score (nSPS) is 10.6. The van der Waals surface area contributed by atoms with E-state index in [1.165, 1.54) is 10.7 Å². The maximum absolute atomic E-state index is 9.55. The minimum absolute atomic E-state index is 0.0473. The number of tetrazole rings is 1. The summed E-state index contributed by atoms with van der Waals surface area (Å²) >= 11 is 0. The molecule has 3 aromatic rings. The topological polar surface area (TPSA) is 85.4 Å². The van der Waals surface area contributed by atoms with Gasteiger partial charge in [-0.3, -0.25) is 0 Å². The number of nitrogens with zero attached hydrogens (tertiary/aromatic N) is 5. The van der Waals surface area contributed by atoms with Crippen molar-refractivity contribution in [3.8, 4) is 17.4 Å². The molecule has 0 saturated heterocycles. The number of aromatic hydroxyl groups is 1. The molecule has 0 fully saturated rings. The number of hydrogen-bond acceptors (Lipinski definition) is 6. The summed E-state index contributed by atoms with van der Waals surface area (Å²) in [5.74, 6) is 0.671. The lowest BCUT2D eigenvalue weighted by Crippen LogP contribution is -1.97. The predicted octanol–water partition coefficient (Wildman–Crippen LogP) is 1.02. The standard InChI is InChI=1S/C10H7N5O2/c16-7-3-1-2-4-8(7)17-10-6-5-9-11-13-14-15(9)12-10/h1-6,16H. The number of benzene rings is 1. The summed E-state index contributed by atoms with van der Waals surface area (Å²) in [5.41, 5.74) is 0.523. The van der Waals surface area contributed by atoms with E-state index in [1.807, 2.05) is 0 Å². The number of para-hydroxylation sites is 2. The number of phenols is 1. The summed E-state index contributed by atoms with van der Waals surface area (Å²) in [4.78, 5) is 0. The number of phenolic OH excluding ortho intramolecular Hbond substituents is 1. The number of ether oxygens (including phenoxy) is 1. The zero-order chi connectivity index (χ0) is 11.7. The minimum Gasteiger partial charge on any atom is -0.504 e. The van der Waals surface area contributed by atoms with Crippen molar-refractivity contribution in [1.29, 1.82) is 0 Å². The third kappa shape index (κ3) is 1.73. The Balaban J connectivity index is 1.97. The van der Waals surface area contributed by atoms with E-state index in [4.69, 9.17) is 4.74 Å². The molecule has 3 rings (SSSR count). The Labute approximate surface area is 95.3 Å². The molecule has 0 aliphatic heterocycles. The monoisotopic (exact) mass is 229 g/mol. The first-order valence-electron chi connectivity index (χ1n) is 4.84. The fourth-order valence-corrected chi connectivity index (χ4v) is 1.34. The van der Waals surface area contributed by atoms with E-state index in [-0.39, 0.29) is 5.75 Å². The molecule has 0 spiro atoms. The Bertz CT molecular complexity index is 666. The number of rotatable bonds is 2. The minimum atomic E-state index is 0.0473. The van der Waals surface area contributed by atoms with E-state index >= 15 is 0 Å². The molecule has 0 unspecified atom stereocenters. The Morgan fingerprint density at radius 2 is 2.00 bits per heavy atom. The van der Waals surface area contributed by atoms with Crippen LogP contribution in [0.4, 0.5) is 0 Å². The zero-order valence-electron chi connectivity index (χ0n) is 8.56. The molecule has 2 aromatic heterocycles. The summed E-state index contributed by atoms with van der Waals surface area (Å²) < 4.78 is 6.65. The lowest BCUT2D eigenvalue weighted by Gasteiger charge is -2.05. The van der Waals surface area contributed by atoms with Crippen LogP contribution in [0.25, 0.3) is 5.65 Å². The highest BCUT2D eigenvalue weighted by Crippen LogP contribution is 2.28. The first kappa shape index (κ1) is 9.52. The lowest BCUT2D eigenvalue weighted by molar-refractivity contribution is 0.396. The third-order valence-electron chi connectivity index (χ3n) is 2.12. The van der Waals surface area contributed by atoms with Gasteiger partial charge in [-0.2, -0.15) is 0 Å². The van der Waals surface area contributed by atoms with Gasteiger partial charge in [0.2, 0.25) is 5.88 Å². The summed E-state index contributed by atoms with van der Waals surface area (Å²) in [6, 6.07) is 9.93. The average molecular weight is 229 g/mol. The van der Waals surface area contributed by atoms with Crippen LogP contribution < -0.4 is 4.74 Å². The van der Waals surface area contributed by atoms with E-state index < -0.39 is 0 Å². The quantitative estimate of drug-likeness (QED) is 0.706. The van der Waals surface area contributed by atoms with Crippen molar-refractivity contribution in [2.75, 3.05) is 0 Å². The van der Waals surface area contributed by atoms with Gasteiger partial charge in [-0.1, -0.05) is 12.1 Å². The Kier molecular flexibility index (Phi) is 2.08. The van der Waals surface area contributed by atoms with Crippen molar-refractivity contribution in [2.24, 2.45) is 0 Å². The highest BCUT2D eigenvalue weighted by molar-refractivity contribution is 5.41. The molecular formula is C10H7N5O2. The highest BCUT2D eigenvalue weighted by atomic mass is 16.5. The van der Waals surface area contributed by atoms with Crippen molar-refractivity contribution in [3.63, 3.8) is 0 Å². The van der Waals surface area contributed by atoms with Crippen LogP contribution >= 0.6 is 0 Å². The molecule has 0 atom stereocenters. The second-order valence-corrected chi connectivity index (χ2v) is 3.27. The molecule has 0 amide bonds. The van der Waals surface area contributed by atoms with Crippen molar-refractivity contribution in [3.05, 3.63) is 36.4 Å². The van der Waals surface area contributed by atoms with E-state index in [0.717, 1.165) is 0 Å². The molecule has 0 bridgehead atoms. The summed E-state index contributed by atoms with van der Waals surface area (Å²) in [5, 5.41) is 24.4. The molecule has 0 saturated carbocycles. The van der Waals surface area contributed by atoms with Crippen LogP contribution in [0.3, 0.4) is 0 Å². The molecule has 17 heavy (non-hydrogen) atoms. The van der Waals surface area contributed by atoms with Gasteiger partial charge >= 0.3 is 0 Å². The Morgan fingerprint density at radius 3 is 2.88 bits per heavy atom. The van der Waals surface area contributed by atoms with Crippen LogP contribution in [-0.4, -0.2) is 30.4 Å². The maximum Gasteiger partial charge on any atom is 0.239 e. The molecule has 7 heteroatoms. The molecule has 7 nitrogen and oxygen atoms in total. The van der Waals surface area contributed by atoms with Crippen LogP contribution in [0.2, 0.25) is 0 Å².